The van der Waals surface area contributed by atoms with Crippen molar-refractivity contribution < 1.29 is 13.2 Å². The zero-order valence-corrected chi connectivity index (χ0v) is 12.9. The van der Waals surface area contributed by atoms with Crippen LogP contribution in [-0.4, -0.2) is 16.8 Å². The highest BCUT2D eigenvalue weighted by Gasteiger charge is 2.32. The van der Waals surface area contributed by atoms with Gasteiger partial charge in [-0.1, -0.05) is 19.8 Å². The highest BCUT2D eigenvalue weighted by molar-refractivity contribution is 7.99. The van der Waals surface area contributed by atoms with Crippen molar-refractivity contribution in [3.63, 3.8) is 0 Å². The Morgan fingerprint density at radius 3 is 2.62 bits per heavy atom. The predicted octanol–water partition coefficient (Wildman–Crippen LogP) is 4.35. The second kappa shape index (κ2) is 7.01. The summed E-state index contributed by atoms with van der Waals surface area (Å²) in [4.78, 5) is 3.96. The largest absolute Gasteiger partial charge is 0.417 e. The molecule has 2 N–H and O–H groups in total. The van der Waals surface area contributed by atoms with Crippen molar-refractivity contribution in [3.05, 3.63) is 23.9 Å². The number of aromatic nitrogens is 1. The van der Waals surface area contributed by atoms with Gasteiger partial charge in [0.25, 0.3) is 0 Å². The summed E-state index contributed by atoms with van der Waals surface area (Å²) in [6.07, 6.45) is 1.12. The number of nitrogens with zero attached hydrogens (tertiary/aromatic N) is 1. The standard InChI is InChI=1S/C15H21F3N2S/c1-2-10-3-4-11(8-19)13(7-10)21-14-6-5-12(9-20-14)15(16,17)18/h5-6,9-11,13H,2-4,7-8,19H2,1H3. The van der Waals surface area contributed by atoms with Crippen LogP contribution in [-0.2, 0) is 6.18 Å². The summed E-state index contributed by atoms with van der Waals surface area (Å²) in [5.41, 5.74) is 5.14. The molecule has 0 spiro atoms. The lowest BCUT2D eigenvalue weighted by Crippen LogP contribution is -2.32. The summed E-state index contributed by atoms with van der Waals surface area (Å²) < 4.78 is 37.6. The summed E-state index contributed by atoms with van der Waals surface area (Å²) in [6.45, 7) is 2.82. The van der Waals surface area contributed by atoms with Crippen LogP contribution in [0.2, 0.25) is 0 Å². The number of halogens is 3. The quantitative estimate of drug-likeness (QED) is 0.897. The lowest BCUT2D eigenvalue weighted by Gasteiger charge is -2.34. The Labute approximate surface area is 127 Å². The van der Waals surface area contributed by atoms with E-state index in [2.05, 4.69) is 11.9 Å². The van der Waals surface area contributed by atoms with Gasteiger partial charge in [-0.2, -0.15) is 13.2 Å². The smallest absolute Gasteiger partial charge is 0.330 e. The fourth-order valence-electron chi connectivity index (χ4n) is 2.83. The fraction of sp³-hybridized carbons (Fsp3) is 0.667. The SMILES string of the molecule is CCC1CCC(CN)C(Sc2ccc(C(F)(F)F)cn2)C1. The van der Waals surface area contributed by atoms with Gasteiger partial charge in [0.1, 0.15) is 0 Å². The third kappa shape index (κ3) is 4.36. The summed E-state index contributed by atoms with van der Waals surface area (Å²) in [5.74, 6) is 1.13. The molecule has 2 rings (SSSR count). The number of hydrogen-bond donors (Lipinski definition) is 1. The first kappa shape index (κ1) is 16.6. The van der Waals surface area contributed by atoms with E-state index in [-0.39, 0.29) is 0 Å². The van der Waals surface area contributed by atoms with Crippen LogP contribution in [0.5, 0.6) is 0 Å². The second-order valence-corrected chi connectivity index (χ2v) is 6.88. The van der Waals surface area contributed by atoms with Gasteiger partial charge in [0.2, 0.25) is 0 Å². The lowest BCUT2D eigenvalue weighted by atomic mass is 9.80. The topological polar surface area (TPSA) is 38.9 Å². The molecule has 1 saturated carbocycles. The van der Waals surface area contributed by atoms with E-state index in [1.165, 1.54) is 12.5 Å². The normalized spacial score (nSPS) is 26.8. The molecular weight excluding hydrogens is 297 g/mol. The van der Waals surface area contributed by atoms with Gasteiger partial charge in [-0.05, 0) is 43.4 Å². The van der Waals surface area contributed by atoms with E-state index in [9.17, 15) is 13.2 Å². The summed E-state index contributed by atoms with van der Waals surface area (Å²) >= 11 is 1.58. The van der Waals surface area contributed by atoms with Crippen LogP contribution < -0.4 is 5.73 Å². The number of nitrogens with two attached hydrogens (primary N) is 1. The third-order valence-electron chi connectivity index (χ3n) is 4.25. The summed E-state index contributed by atoms with van der Waals surface area (Å²) in [7, 11) is 0. The minimum Gasteiger partial charge on any atom is -0.330 e. The number of hydrogen-bond acceptors (Lipinski definition) is 3. The Balaban J connectivity index is 2.05. The molecule has 0 saturated heterocycles. The Kier molecular flexibility index (Phi) is 5.54. The van der Waals surface area contributed by atoms with Gasteiger partial charge >= 0.3 is 6.18 Å². The van der Waals surface area contributed by atoms with Gasteiger partial charge in [0.05, 0.1) is 10.6 Å². The molecule has 3 atom stereocenters. The number of alkyl halides is 3. The van der Waals surface area contributed by atoms with Crippen LogP contribution in [0.4, 0.5) is 13.2 Å². The van der Waals surface area contributed by atoms with Crippen molar-refractivity contribution >= 4 is 11.8 Å². The van der Waals surface area contributed by atoms with E-state index in [1.54, 1.807) is 11.8 Å². The Hall–Kier alpha value is -0.750. The first-order valence-corrected chi connectivity index (χ1v) is 8.22. The second-order valence-electron chi connectivity index (χ2n) is 5.62. The summed E-state index contributed by atoms with van der Waals surface area (Å²) in [6, 6.07) is 2.57. The van der Waals surface area contributed by atoms with Crippen molar-refractivity contribution in [2.45, 2.75) is 49.1 Å². The Morgan fingerprint density at radius 1 is 1.33 bits per heavy atom. The van der Waals surface area contributed by atoms with E-state index in [0.29, 0.717) is 28.7 Å². The van der Waals surface area contributed by atoms with Crippen LogP contribution in [0.15, 0.2) is 23.4 Å². The monoisotopic (exact) mass is 318 g/mol. The van der Waals surface area contributed by atoms with Gasteiger partial charge in [-0.15, -0.1) is 11.8 Å². The highest BCUT2D eigenvalue weighted by atomic mass is 32.2. The van der Waals surface area contributed by atoms with E-state index in [0.717, 1.165) is 31.5 Å². The Morgan fingerprint density at radius 2 is 2.10 bits per heavy atom. The van der Waals surface area contributed by atoms with Crippen molar-refractivity contribution in [2.24, 2.45) is 17.6 Å². The average molecular weight is 318 g/mol. The third-order valence-corrected chi connectivity index (χ3v) is 5.62. The minimum absolute atomic E-state index is 0.359. The number of rotatable bonds is 4. The van der Waals surface area contributed by atoms with E-state index in [4.69, 9.17) is 5.73 Å². The molecule has 0 aliphatic heterocycles. The fourth-order valence-corrected chi connectivity index (χ4v) is 4.21. The molecule has 1 aliphatic carbocycles. The highest BCUT2D eigenvalue weighted by Crippen LogP contribution is 2.40. The number of pyridine rings is 1. The van der Waals surface area contributed by atoms with Crippen molar-refractivity contribution in [1.82, 2.24) is 4.98 Å². The molecule has 1 aliphatic rings. The molecule has 0 aromatic carbocycles. The minimum atomic E-state index is -4.33. The zero-order valence-electron chi connectivity index (χ0n) is 12.1. The number of thioether (sulfide) groups is 1. The van der Waals surface area contributed by atoms with Gasteiger partial charge < -0.3 is 5.73 Å². The average Bonchev–Trinajstić information content (AvgIpc) is 2.46. The van der Waals surface area contributed by atoms with Gasteiger partial charge in [0, 0.05) is 11.4 Å². The van der Waals surface area contributed by atoms with Crippen molar-refractivity contribution in [2.75, 3.05) is 6.54 Å². The molecular formula is C15H21F3N2S. The van der Waals surface area contributed by atoms with Gasteiger partial charge in [-0.25, -0.2) is 4.98 Å². The van der Waals surface area contributed by atoms with E-state index >= 15 is 0 Å². The lowest BCUT2D eigenvalue weighted by molar-refractivity contribution is -0.137. The molecule has 1 aromatic rings. The molecule has 3 unspecified atom stereocenters. The molecule has 21 heavy (non-hydrogen) atoms. The van der Waals surface area contributed by atoms with E-state index < -0.39 is 11.7 Å². The molecule has 6 heteroatoms. The molecule has 118 valence electrons. The maximum atomic E-state index is 12.5. The molecule has 0 radical (unpaired) electrons. The van der Waals surface area contributed by atoms with Crippen molar-refractivity contribution in [3.8, 4) is 0 Å². The first-order valence-electron chi connectivity index (χ1n) is 7.34. The first-order chi connectivity index (χ1) is 9.94. The molecule has 0 bridgehead atoms. The van der Waals surface area contributed by atoms with Crippen LogP contribution in [0.25, 0.3) is 0 Å². The molecule has 2 nitrogen and oxygen atoms in total. The van der Waals surface area contributed by atoms with Crippen LogP contribution in [0.3, 0.4) is 0 Å². The molecule has 1 fully saturated rings. The van der Waals surface area contributed by atoms with Crippen LogP contribution >= 0.6 is 11.8 Å². The maximum Gasteiger partial charge on any atom is 0.417 e. The zero-order chi connectivity index (χ0) is 15.5. The van der Waals surface area contributed by atoms with Gasteiger partial charge in [-0.3, -0.25) is 0 Å². The van der Waals surface area contributed by atoms with Crippen LogP contribution in [0, 0.1) is 11.8 Å². The van der Waals surface area contributed by atoms with Crippen molar-refractivity contribution in [1.29, 1.82) is 0 Å². The Bertz CT molecular complexity index is 447. The molecule has 1 heterocycles. The van der Waals surface area contributed by atoms with E-state index in [1.807, 2.05) is 0 Å². The maximum absolute atomic E-state index is 12.5. The summed E-state index contributed by atoms with van der Waals surface area (Å²) in [5, 5.41) is 1.01. The predicted molar refractivity (Wildman–Crippen MR) is 79.1 cm³/mol. The van der Waals surface area contributed by atoms with Crippen LogP contribution in [0.1, 0.15) is 38.2 Å². The van der Waals surface area contributed by atoms with Gasteiger partial charge in [0.15, 0.2) is 0 Å². The molecule has 1 aromatic heterocycles. The molecule has 0 amide bonds.